The van der Waals surface area contributed by atoms with E-state index < -0.39 is 5.97 Å². The van der Waals surface area contributed by atoms with Gasteiger partial charge in [0.15, 0.2) is 0 Å². The average molecular weight is 285 g/mol. The van der Waals surface area contributed by atoms with Crippen LogP contribution < -0.4 is 10.5 Å². The van der Waals surface area contributed by atoms with Crippen LogP contribution >= 0.6 is 0 Å². The number of hydrogen-bond acceptors (Lipinski definition) is 3. The minimum atomic E-state index is -0.831. The molecule has 0 radical (unpaired) electrons. The van der Waals surface area contributed by atoms with Crippen LogP contribution in [0.2, 0.25) is 0 Å². The minimum Gasteiger partial charge on any atom is -0.496 e. The van der Waals surface area contributed by atoms with Crippen LogP contribution in [0, 0.1) is 0 Å². The lowest BCUT2D eigenvalue weighted by atomic mass is 9.97. The Hall–Kier alpha value is -2.33. The average Bonchev–Trinajstić information content (AvgIpc) is 2.52. The fourth-order valence-corrected chi connectivity index (χ4v) is 2.25. The third-order valence-corrected chi connectivity index (χ3v) is 3.41. The first-order chi connectivity index (χ1) is 10.1. The highest BCUT2D eigenvalue weighted by molar-refractivity contribution is 5.71. The van der Waals surface area contributed by atoms with Crippen LogP contribution in [0.3, 0.4) is 0 Å². The monoisotopic (exact) mass is 285 g/mol. The molecule has 110 valence electrons. The molecule has 0 fully saturated rings. The highest BCUT2D eigenvalue weighted by Crippen LogP contribution is 2.32. The molecular formula is C17H19NO3. The van der Waals surface area contributed by atoms with Gasteiger partial charge in [0.1, 0.15) is 5.75 Å². The van der Waals surface area contributed by atoms with Gasteiger partial charge in [-0.15, -0.1) is 0 Å². The quantitative estimate of drug-likeness (QED) is 0.854. The van der Waals surface area contributed by atoms with Gasteiger partial charge in [-0.3, -0.25) is 4.79 Å². The molecule has 0 bridgehead atoms. The number of carboxylic acids is 1. The van der Waals surface area contributed by atoms with Crippen molar-refractivity contribution in [1.82, 2.24) is 0 Å². The maximum Gasteiger partial charge on any atom is 0.303 e. The molecule has 2 rings (SSSR count). The van der Waals surface area contributed by atoms with Gasteiger partial charge < -0.3 is 15.6 Å². The molecule has 0 amide bonds. The van der Waals surface area contributed by atoms with Gasteiger partial charge in [-0.05, 0) is 29.7 Å². The van der Waals surface area contributed by atoms with Crippen LogP contribution in [0.4, 0.5) is 0 Å². The summed E-state index contributed by atoms with van der Waals surface area (Å²) in [5.41, 5.74) is 8.99. The standard InChI is InChI=1S/C17H19NO3/c1-21-16-9-7-13(15(18)8-10-17(19)20)11-14(16)12-5-3-2-4-6-12/h2-7,9,11,15H,8,10,18H2,1H3,(H,19,20). The van der Waals surface area contributed by atoms with E-state index in [1.807, 2.05) is 48.5 Å². The molecular weight excluding hydrogens is 266 g/mol. The number of methoxy groups -OCH3 is 1. The third kappa shape index (κ3) is 3.83. The Labute approximate surface area is 124 Å². The van der Waals surface area contributed by atoms with Crippen molar-refractivity contribution in [2.75, 3.05) is 7.11 Å². The molecule has 1 atom stereocenters. The number of ether oxygens (including phenoxy) is 1. The highest BCUT2D eigenvalue weighted by atomic mass is 16.5. The predicted octanol–water partition coefficient (Wildman–Crippen LogP) is 3.23. The van der Waals surface area contributed by atoms with Crippen LogP contribution in [0.5, 0.6) is 5.75 Å². The second kappa shape index (κ2) is 6.90. The lowest BCUT2D eigenvalue weighted by molar-refractivity contribution is -0.137. The zero-order valence-corrected chi connectivity index (χ0v) is 12.0. The first kappa shape index (κ1) is 15.1. The van der Waals surface area contributed by atoms with Crippen molar-refractivity contribution in [2.24, 2.45) is 5.73 Å². The third-order valence-electron chi connectivity index (χ3n) is 3.41. The molecule has 0 aromatic heterocycles. The summed E-state index contributed by atoms with van der Waals surface area (Å²) in [7, 11) is 1.63. The number of carboxylic acid groups (broad SMARTS) is 1. The lowest BCUT2D eigenvalue weighted by Gasteiger charge is -2.15. The van der Waals surface area contributed by atoms with Crippen LogP contribution in [0.1, 0.15) is 24.4 Å². The van der Waals surface area contributed by atoms with Crippen molar-refractivity contribution < 1.29 is 14.6 Å². The zero-order valence-electron chi connectivity index (χ0n) is 12.0. The van der Waals surface area contributed by atoms with E-state index >= 15 is 0 Å². The Balaban J connectivity index is 2.31. The topological polar surface area (TPSA) is 72.5 Å². The van der Waals surface area contributed by atoms with E-state index in [1.165, 1.54) is 0 Å². The van der Waals surface area contributed by atoms with Crippen LogP contribution in [-0.4, -0.2) is 18.2 Å². The SMILES string of the molecule is COc1ccc(C(N)CCC(=O)O)cc1-c1ccccc1. The molecule has 1 unspecified atom stereocenters. The predicted molar refractivity (Wildman–Crippen MR) is 82.2 cm³/mol. The second-order valence-electron chi connectivity index (χ2n) is 4.86. The Morgan fingerprint density at radius 2 is 1.95 bits per heavy atom. The molecule has 0 aliphatic heterocycles. The van der Waals surface area contributed by atoms with E-state index in [1.54, 1.807) is 7.11 Å². The normalized spacial score (nSPS) is 11.9. The molecule has 4 heteroatoms. The molecule has 0 spiro atoms. The number of rotatable bonds is 6. The van der Waals surface area contributed by atoms with Gasteiger partial charge in [0.2, 0.25) is 0 Å². The fourth-order valence-electron chi connectivity index (χ4n) is 2.25. The van der Waals surface area contributed by atoms with E-state index in [-0.39, 0.29) is 12.5 Å². The lowest BCUT2D eigenvalue weighted by Crippen LogP contribution is -2.12. The zero-order chi connectivity index (χ0) is 15.2. The molecule has 3 N–H and O–H groups in total. The number of nitrogens with two attached hydrogens (primary N) is 1. The molecule has 0 heterocycles. The van der Waals surface area contributed by atoms with Gasteiger partial charge in [0.25, 0.3) is 0 Å². The van der Waals surface area contributed by atoms with Gasteiger partial charge >= 0.3 is 5.97 Å². The number of benzene rings is 2. The fraction of sp³-hybridized carbons (Fsp3) is 0.235. The molecule has 2 aromatic carbocycles. The second-order valence-corrected chi connectivity index (χ2v) is 4.86. The van der Waals surface area contributed by atoms with Crippen LogP contribution in [0.15, 0.2) is 48.5 Å². The van der Waals surface area contributed by atoms with Gasteiger partial charge in [0, 0.05) is 18.0 Å². The minimum absolute atomic E-state index is 0.0634. The van der Waals surface area contributed by atoms with Gasteiger partial charge in [-0.2, -0.15) is 0 Å². The first-order valence-corrected chi connectivity index (χ1v) is 6.82. The molecule has 0 saturated heterocycles. The summed E-state index contributed by atoms with van der Waals surface area (Å²) < 4.78 is 5.40. The Morgan fingerprint density at radius 3 is 2.57 bits per heavy atom. The molecule has 0 saturated carbocycles. The Morgan fingerprint density at radius 1 is 1.24 bits per heavy atom. The summed E-state index contributed by atoms with van der Waals surface area (Å²) in [4.78, 5) is 10.6. The Kier molecular flexibility index (Phi) is 4.95. The maximum atomic E-state index is 10.6. The number of carbonyl (C=O) groups is 1. The van der Waals surface area contributed by atoms with Crippen molar-refractivity contribution in [3.63, 3.8) is 0 Å². The van der Waals surface area contributed by atoms with E-state index in [9.17, 15) is 4.79 Å². The summed E-state index contributed by atoms with van der Waals surface area (Å²) >= 11 is 0. The maximum absolute atomic E-state index is 10.6. The summed E-state index contributed by atoms with van der Waals surface area (Å²) in [6.07, 6.45) is 0.476. The summed E-state index contributed by atoms with van der Waals surface area (Å²) in [6, 6.07) is 15.3. The van der Waals surface area contributed by atoms with E-state index in [0.717, 1.165) is 22.4 Å². The number of aliphatic carboxylic acids is 1. The molecule has 0 aliphatic rings. The summed E-state index contributed by atoms with van der Waals surface area (Å²) in [5.74, 6) is -0.0578. The summed E-state index contributed by atoms with van der Waals surface area (Å²) in [6.45, 7) is 0. The number of hydrogen-bond donors (Lipinski definition) is 2. The highest BCUT2D eigenvalue weighted by Gasteiger charge is 2.12. The molecule has 4 nitrogen and oxygen atoms in total. The van der Waals surface area contributed by atoms with Crippen molar-refractivity contribution in [3.05, 3.63) is 54.1 Å². The van der Waals surface area contributed by atoms with Crippen LogP contribution in [0.25, 0.3) is 11.1 Å². The van der Waals surface area contributed by atoms with E-state index in [4.69, 9.17) is 15.6 Å². The van der Waals surface area contributed by atoms with Crippen molar-refractivity contribution in [3.8, 4) is 16.9 Å². The van der Waals surface area contributed by atoms with Crippen molar-refractivity contribution >= 4 is 5.97 Å². The molecule has 0 aliphatic carbocycles. The molecule has 2 aromatic rings. The smallest absolute Gasteiger partial charge is 0.303 e. The van der Waals surface area contributed by atoms with Crippen LogP contribution in [-0.2, 0) is 4.79 Å². The van der Waals surface area contributed by atoms with Gasteiger partial charge in [0.05, 0.1) is 7.11 Å². The van der Waals surface area contributed by atoms with Crippen molar-refractivity contribution in [2.45, 2.75) is 18.9 Å². The summed E-state index contributed by atoms with van der Waals surface area (Å²) in [5, 5.41) is 8.75. The van der Waals surface area contributed by atoms with E-state index in [2.05, 4.69) is 0 Å². The largest absolute Gasteiger partial charge is 0.496 e. The van der Waals surface area contributed by atoms with Crippen molar-refractivity contribution in [1.29, 1.82) is 0 Å². The molecule has 21 heavy (non-hydrogen) atoms. The van der Waals surface area contributed by atoms with Gasteiger partial charge in [-0.1, -0.05) is 36.4 Å². The van der Waals surface area contributed by atoms with Gasteiger partial charge in [-0.25, -0.2) is 0 Å². The first-order valence-electron chi connectivity index (χ1n) is 6.82. The Bertz CT molecular complexity index is 611. The van der Waals surface area contributed by atoms with E-state index in [0.29, 0.717) is 6.42 Å².